The Kier molecular flexibility index (Phi) is 7.90. The number of hydrogen-bond donors (Lipinski definition) is 2. The second-order valence-electron chi connectivity index (χ2n) is 9.16. The Bertz CT molecular complexity index is 1560. The van der Waals surface area contributed by atoms with Crippen LogP contribution < -0.4 is 16.1 Å². The van der Waals surface area contributed by atoms with Crippen molar-refractivity contribution in [2.45, 2.75) is 36.7 Å². The lowest BCUT2D eigenvalue weighted by atomic mass is 10.1. The largest absolute Gasteiger partial charge is 0.508 e. The summed E-state index contributed by atoms with van der Waals surface area (Å²) < 4.78 is 42.7. The highest BCUT2D eigenvalue weighted by Gasteiger charge is 2.36. The molecule has 1 aliphatic rings. The van der Waals surface area contributed by atoms with E-state index < -0.39 is 58.0 Å². The van der Waals surface area contributed by atoms with Crippen molar-refractivity contribution in [3.05, 3.63) is 69.0 Å². The van der Waals surface area contributed by atoms with E-state index in [1.165, 1.54) is 19.2 Å². The molecule has 1 saturated heterocycles. The van der Waals surface area contributed by atoms with Gasteiger partial charge in [0.15, 0.2) is 9.84 Å². The molecule has 0 aliphatic carbocycles. The van der Waals surface area contributed by atoms with Crippen LogP contribution >= 0.6 is 0 Å². The van der Waals surface area contributed by atoms with Crippen molar-refractivity contribution >= 4 is 32.5 Å². The Labute approximate surface area is 218 Å². The highest BCUT2D eigenvalue weighted by atomic mass is 32.2. The molecule has 2 N–H and O–H groups in total. The number of carbonyl (C=O) groups excluding carboxylic acids is 1. The Hall–Kier alpha value is -3.68. The van der Waals surface area contributed by atoms with Gasteiger partial charge < -0.3 is 24.2 Å². The fourth-order valence-corrected chi connectivity index (χ4v) is 5.62. The number of aliphatic hydroxyl groups is 1. The first kappa shape index (κ1) is 27.4. The molecule has 3 aromatic rings. The number of nitrogens with one attached hydrogen (secondary N) is 1. The lowest BCUT2D eigenvalue weighted by molar-refractivity contribution is -0.0583. The lowest BCUT2D eigenvalue weighted by Gasteiger charge is -2.17. The summed E-state index contributed by atoms with van der Waals surface area (Å²) in [6.07, 6.45) is -2.62. The predicted molar refractivity (Wildman–Crippen MR) is 138 cm³/mol. The third-order valence-corrected chi connectivity index (χ3v) is 8.00. The zero-order chi connectivity index (χ0) is 27.6. The molecule has 204 valence electrons. The number of fused-ring (bicyclic) bond motifs is 1. The number of H-pyrrole nitrogens is 1. The minimum Gasteiger partial charge on any atom is -0.433 e. The van der Waals surface area contributed by atoms with Gasteiger partial charge in [-0.3, -0.25) is 14.3 Å². The van der Waals surface area contributed by atoms with Crippen LogP contribution in [0.2, 0.25) is 0 Å². The summed E-state index contributed by atoms with van der Waals surface area (Å²) in [5, 5.41) is 11.6. The molecule has 1 aliphatic heterocycles. The Morgan fingerprint density at radius 3 is 2.61 bits per heavy atom. The number of anilines is 1. The molecule has 0 amide bonds. The van der Waals surface area contributed by atoms with Crippen molar-refractivity contribution < 1.29 is 32.5 Å². The zero-order valence-corrected chi connectivity index (χ0v) is 21.9. The second kappa shape index (κ2) is 11.0. The minimum atomic E-state index is -3.79. The van der Waals surface area contributed by atoms with Gasteiger partial charge >= 0.3 is 11.8 Å². The number of aromatic amines is 1. The van der Waals surface area contributed by atoms with Gasteiger partial charge in [0.2, 0.25) is 0 Å². The van der Waals surface area contributed by atoms with Crippen molar-refractivity contribution in [1.82, 2.24) is 9.55 Å². The number of benzene rings is 2. The molecule has 13 heteroatoms. The van der Waals surface area contributed by atoms with Gasteiger partial charge in [0.05, 0.1) is 16.8 Å². The molecule has 3 atom stereocenters. The number of ether oxygens (including phenoxy) is 3. The first-order valence-corrected chi connectivity index (χ1v) is 13.5. The number of aromatic nitrogens is 2. The predicted octanol–water partition coefficient (Wildman–Crippen LogP) is 1.34. The third-order valence-electron chi connectivity index (χ3n) is 6.27. The second-order valence-corrected chi connectivity index (χ2v) is 11.2. The lowest BCUT2D eigenvalue weighted by Crippen LogP contribution is -2.33. The van der Waals surface area contributed by atoms with E-state index in [1.807, 2.05) is 31.1 Å². The highest BCUT2D eigenvalue weighted by Crippen LogP contribution is 2.31. The quantitative estimate of drug-likeness (QED) is 0.394. The van der Waals surface area contributed by atoms with Crippen molar-refractivity contribution in [1.29, 1.82) is 0 Å². The van der Waals surface area contributed by atoms with Crippen LogP contribution in [0.1, 0.15) is 18.2 Å². The monoisotopic (exact) mass is 547 g/mol. The van der Waals surface area contributed by atoms with E-state index in [0.717, 1.165) is 15.6 Å². The van der Waals surface area contributed by atoms with Crippen molar-refractivity contribution in [3.63, 3.8) is 0 Å². The van der Waals surface area contributed by atoms with E-state index in [1.54, 1.807) is 18.2 Å². The van der Waals surface area contributed by atoms with Crippen LogP contribution in [-0.2, 0) is 24.0 Å². The topological polar surface area (TPSA) is 157 Å². The van der Waals surface area contributed by atoms with Crippen molar-refractivity contribution in [3.8, 4) is 0 Å². The van der Waals surface area contributed by atoms with Crippen LogP contribution in [0.3, 0.4) is 0 Å². The van der Waals surface area contributed by atoms with Crippen LogP contribution in [0, 0.1) is 6.92 Å². The average Bonchev–Trinajstić information content (AvgIpc) is 3.24. The minimum absolute atomic E-state index is 0.0350. The fraction of sp³-hybridized carbons (Fsp3) is 0.400. The van der Waals surface area contributed by atoms with E-state index in [2.05, 4.69) is 4.98 Å². The fourth-order valence-electron chi connectivity index (χ4n) is 4.30. The van der Waals surface area contributed by atoms with Gasteiger partial charge in [0.25, 0.3) is 5.56 Å². The molecule has 0 saturated carbocycles. The molecule has 1 fully saturated rings. The molecule has 4 rings (SSSR count). The number of rotatable bonds is 8. The van der Waals surface area contributed by atoms with Gasteiger partial charge in [-0.05, 0) is 19.1 Å². The van der Waals surface area contributed by atoms with Crippen LogP contribution in [0.15, 0.2) is 57.1 Å². The summed E-state index contributed by atoms with van der Waals surface area (Å²) in [7, 11) is -0.0451. The van der Waals surface area contributed by atoms with Gasteiger partial charge in [0.1, 0.15) is 25.5 Å². The first-order chi connectivity index (χ1) is 18.0. The summed E-state index contributed by atoms with van der Waals surface area (Å²) in [5.41, 5.74) is -0.0432. The average molecular weight is 548 g/mol. The molecule has 0 spiro atoms. The molecule has 1 aromatic heterocycles. The SMILES string of the molecule is Cc1cn([C@H]2C[C@H](O)[C@@H](COC(=O)OCCS(=O)(=O)c3cccc4c(N(C)C)cccc34)O2)c(=O)[nH]c1=O. The Morgan fingerprint density at radius 1 is 1.16 bits per heavy atom. The Morgan fingerprint density at radius 2 is 1.87 bits per heavy atom. The molecule has 2 aromatic carbocycles. The summed E-state index contributed by atoms with van der Waals surface area (Å²) in [5.74, 6) is -0.452. The number of hydrogen-bond acceptors (Lipinski definition) is 10. The smallest absolute Gasteiger partial charge is 0.433 e. The van der Waals surface area contributed by atoms with E-state index in [4.69, 9.17) is 14.2 Å². The zero-order valence-electron chi connectivity index (χ0n) is 21.1. The van der Waals surface area contributed by atoms with Crippen LogP contribution in [0.25, 0.3) is 10.8 Å². The van der Waals surface area contributed by atoms with Crippen LogP contribution in [0.5, 0.6) is 0 Å². The van der Waals surface area contributed by atoms with E-state index >= 15 is 0 Å². The van der Waals surface area contributed by atoms with E-state index in [-0.39, 0.29) is 17.9 Å². The van der Waals surface area contributed by atoms with Gasteiger partial charge in [-0.1, -0.05) is 24.3 Å². The Balaban J connectivity index is 1.32. The van der Waals surface area contributed by atoms with Crippen LogP contribution in [-0.4, -0.2) is 74.5 Å². The molecule has 38 heavy (non-hydrogen) atoms. The summed E-state index contributed by atoms with van der Waals surface area (Å²) in [4.78, 5) is 39.9. The standard InChI is InChI=1S/C25H29N3O9S/c1-15-13-28(24(31)26-23(15)30)22-12-19(29)20(37-22)14-36-25(32)35-10-11-38(33,34)21-9-5-6-16-17(21)7-4-8-18(16)27(2)3/h4-9,13,19-20,22,29H,10-12,14H2,1-3H3,(H,26,30,31)/t19-,20+,22+/m0/s1. The van der Waals surface area contributed by atoms with Crippen molar-refractivity contribution in [2.24, 2.45) is 0 Å². The van der Waals surface area contributed by atoms with Gasteiger partial charge in [-0.25, -0.2) is 18.0 Å². The summed E-state index contributed by atoms with van der Waals surface area (Å²) in [6.45, 7) is 0.711. The molecule has 0 bridgehead atoms. The highest BCUT2D eigenvalue weighted by molar-refractivity contribution is 7.91. The number of aryl methyl sites for hydroxylation is 1. The number of sulfone groups is 1. The normalized spacial score (nSPS) is 19.4. The maximum Gasteiger partial charge on any atom is 0.508 e. The molecular weight excluding hydrogens is 518 g/mol. The van der Waals surface area contributed by atoms with E-state index in [0.29, 0.717) is 10.9 Å². The number of aliphatic hydroxyl groups excluding tert-OH is 1. The van der Waals surface area contributed by atoms with Gasteiger partial charge in [0, 0.05) is 48.7 Å². The van der Waals surface area contributed by atoms with Crippen LogP contribution in [0.4, 0.5) is 10.5 Å². The summed E-state index contributed by atoms with van der Waals surface area (Å²) >= 11 is 0. The molecule has 12 nitrogen and oxygen atoms in total. The maximum absolute atomic E-state index is 13.0. The summed E-state index contributed by atoms with van der Waals surface area (Å²) in [6, 6.07) is 10.4. The molecular formula is C25H29N3O9S. The number of carbonyl (C=O) groups is 1. The first-order valence-electron chi connectivity index (χ1n) is 11.8. The maximum atomic E-state index is 13.0. The molecule has 0 unspecified atom stereocenters. The van der Waals surface area contributed by atoms with E-state index in [9.17, 15) is 27.9 Å². The molecule has 0 radical (unpaired) electrons. The molecule has 2 heterocycles. The van der Waals surface area contributed by atoms with Crippen molar-refractivity contribution in [2.75, 3.05) is 38.0 Å². The van der Waals surface area contributed by atoms with Gasteiger partial charge in [-0.2, -0.15) is 0 Å². The van der Waals surface area contributed by atoms with Gasteiger partial charge in [-0.15, -0.1) is 0 Å². The third kappa shape index (κ3) is 5.74. The number of nitrogens with zero attached hydrogens (tertiary/aromatic N) is 2.